The number of rotatable bonds is 10. The van der Waals surface area contributed by atoms with Crippen molar-refractivity contribution < 1.29 is 17.9 Å². The molecule has 0 aliphatic rings. The van der Waals surface area contributed by atoms with E-state index in [0.717, 1.165) is 24.2 Å². The van der Waals surface area contributed by atoms with E-state index in [0.29, 0.717) is 17.7 Å². The van der Waals surface area contributed by atoms with Gasteiger partial charge in [-0.1, -0.05) is 37.6 Å². The molecular formula is C21H24N2O4S. The Labute approximate surface area is 166 Å². The SMILES string of the molecule is CCCCOc1cccc(CNC(=O)CS(=O)(=O)Cc2ccc(C#N)cc2)c1. The highest BCUT2D eigenvalue weighted by atomic mass is 32.2. The van der Waals surface area contributed by atoms with Gasteiger partial charge in [0.25, 0.3) is 0 Å². The number of amides is 1. The Morgan fingerprint density at radius 1 is 1.14 bits per heavy atom. The molecule has 0 saturated carbocycles. The fourth-order valence-corrected chi connectivity index (χ4v) is 3.82. The fourth-order valence-electron chi connectivity index (χ4n) is 2.51. The molecule has 0 heterocycles. The van der Waals surface area contributed by atoms with Crippen molar-refractivity contribution in [3.05, 3.63) is 65.2 Å². The first-order chi connectivity index (χ1) is 13.4. The number of hydrogen-bond acceptors (Lipinski definition) is 5. The highest BCUT2D eigenvalue weighted by molar-refractivity contribution is 7.91. The van der Waals surface area contributed by atoms with Gasteiger partial charge in [-0.15, -0.1) is 0 Å². The molecule has 0 aliphatic carbocycles. The smallest absolute Gasteiger partial charge is 0.235 e. The molecule has 0 unspecified atom stereocenters. The van der Waals surface area contributed by atoms with Gasteiger partial charge < -0.3 is 10.1 Å². The molecule has 0 fully saturated rings. The van der Waals surface area contributed by atoms with Gasteiger partial charge in [-0.3, -0.25) is 4.79 Å². The molecule has 28 heavy (non-hydrogen) atoms. The molecule has 148 valence electrons. The third-order valence-corrected chi connectivity index (χ3v) is 5.45. The molecule has 2 rings (SSSR count). The maximum atomic E-state index is 12.2. The number of benzene rings is 2. The van der Waals surface area contributed by atoms with E-state index in [4.69, 9.17) is 10.00 Å². The minimum Gasteiger partial charge on any atom is -0.494 e. The summed E-state index contributed by atoms with van der Waals surface area (Å²) < 4.78 is 30.1. The van der Waals surface area contributed by atoms with E-state index in [2.05, 4.69) is 12.2 Å². The molecule has 0 radical (unpaired) electrons. The Bertz CT molecular complexity index is 932. The zero-order valence-electron chi connectivity index (χ0n) is 15.8. The van der Waals surface area contributed by atoms with Crippen molar-refractivity contribution in [2.24, 2.45) is 0 Å². The van der Waals surface area contributed by atoms with E-state index < -0.39 is 21.5 Å². The van der Waals surface area contributed by atoms with Crippen LogP contribution in [0.4, 0.5) is 0 Å². The van der Waals surface area contributed by atoms with Crippen molar-refractivity contribution in [3.8, 4) is 11.8 Å². The van der Waals surface area contributed by atoms with Crippen molar-refractivity contribution >= 4 is 15.7 Å². The summed E-state index contributed by atoms with van der Waals surface area (Å²) in [5.41, 5.74) is 1.84. The number of nitrogens with zero attached hydrogens (tertiary/aromatic N) is 1. The van der Waals surface area contributed by atoms with Gasteiger partial charge in [-0.05, 0) is 41.8 Å². The zero-order valence-corrected chi connectivity index (χ0v) is 16.7. The van der Waals surface area contributed by atoms with Gasteiger partial charge in [0, 0.05) is 6.54 Å². The number of hydrogen-bond donors (Lipinski definition) is 1. The third-order valence-electron chi connectivity index (χ3n) is 3.98. The molecule has 0 bridgehead atoms. The predicted octanol–water partition coefficient (Wildman–Crippen LogP) is 2.97. The Morgan fingerprint density at radius 3 is 2.57 bits per heavy atom. The summed E-state index contributed by atoms with van der Waals surface area (Å²) in [4.78, 5) is 12.1. The topological polar surface area (TPSA) is 96.3 Å². The summed E-state index contributed by atoms with van der Waals surface area (Å²) in [6, 6.07) is 15.6. The van der Waals surface area contributed by atoms with E-state index in [1.807, 2.05) is 30.3 Å². The van der Waals surface area contributed by atoms with Crippen LogP contribution in [0.25, 0.3) is 0 Å². The molecule has 0 aliphatic heterocycles. The van der Waals surface area contributed by atoms with Crippen molar-refractivity contribution in [1.29, 1.82) is 5.26 Å². The van der Waals surface area contributed by atoms with Crippen molar-refractivity contribution in [3.63, 3.8) is 0 Å². The zero-order chi connectivity index (χ0) is 20.4. The lowest BCUT2D eigenvalue weighted by molar-refractivity contribution is -0.118. The van der Waals surface area contributed by atoms with Gasteiger partial charge in [0.15, 0.2) is 9.84 Å². The lowest BCUT2D eigenvalue weighted by atomic mass is 10.2. The number of sulfone groups is 1. The van der Waals surface area contributed by atoms with E-state index in [9.17, 15) is 13.2 Å². The van der Waals surface area contributed by atoms with Crippen LogP contribution in [0.3, 0.4) is 0 Å². The van der Waals surface area contributed by atoms with Crippen molar-refractivity contribution in [2.45, 2.75) is 32.1 Å². The molecule has 0 saturated heterocycles. The maximum Gasteiger partial charge on any atom is 0.235 e. The van der Waals surface area contributed by atoms with Gasteiger partial charge in [-0.2, -0.15) is 5.26 Å². The van der Waals surface area contributed by atoms with Crippen molar-refractivity contribution in [2.75, 3.05) is 12.4 Å². The molecule has 1 N–H and O–H groups in total. The Kier molecular flexibility index (Phi) is 8.02. The molecule has 7 heteroatoms. The van der Waals surface area contributed by atoms with E-state index in [-0.39, 0.29) is 12.3 Å². The summed E-state index contributed by atoms with van der Waals surface area (Å²) in [6.45, 7) is 2.96. The average molecular weight is 401 g/mol. The van der Waals surface area contributed by atoms with Crippen LogP contribution in [-0.2, 0) is 26.9 Å². The fraction of sp³-hybridized carbons (Fsp3) is 0.333. The molecule has 2 aromatic carbocycles. The summed E-state index contributed by atoms with van der Waals surface area (Å²) in [6.07, 6.45) is 2.02. The predicted molar refractivity (Wildman–Crippen MR) is 107 cm³/mol. The lowest BCUT2D eigenvalue weighted by Crippen LogP contribution is -2.30. The van der Waals surface area contributed by atoms with Crippen LogP contribution in [0.5, 0.6) is 5.75 Å². The molecule has 2 aromatic rings. The number of ether oxygens (including phenoxy) is 1. The van der Waals surface area contributed by atoms with Gasteiger partial charge in [0.1, 0.15) is 11.5 Å². The third kappa shape index (κ3) is 7.41. The molecule has 0 spiro atoms. The summed E-state index contributed by atoms with van der Waals surface area (Å²) in [7, 11) is -3.60. The standard InChI is InChI=1S/C21H24N2O4S/c1-2-3-11-27-20-6-4-5-19(12-20)14-23-21(24)16-28(25,26)15-18-9-7-17(13-22)8-10-18/h4-10,12H,2-3,11,14-16H2,1H3,(H,23,24). The minimum absolute atomic E-state index is 0.232. The Balaban J connectivity index is 1.85. The van der Waals surface area contributed by atoms with E-state index in [1.165, 1.54) is 0 Å². The lowest BCUT2D eigenvalue weighted by Gasteiger charge is -2.09. The molecule has 6 nitrogen and oxygen atoms in total. The largest absolute Gasteiger partial charge is 0.494 e. The minimum atomic E-state index is -3.60. The Morgan fingerprint density at radius 2 is 1.89 bits per heavy atom. The van der Waals surface area contributed by atoms with Crippen LogP contribution in [-0.4, -0.2) is 26.7 Å². The second-order valence-electron chi connectivity index (χ2n) is 6.47. The van der Waals surface area contributed by atoms with Crippen LogP contribution in [0.1, 0.15) is 36.5 Å². The quantitative estimate of drug-likeness (QED) is 0.619. The number of nitrogens with one attached hydrogen (secondary N) is 1. The first-order valence-corrected chi connectivity index (χ1v) is 10.9. The Hall–Kier alpha value is -2.85. The second kappa shape index (κ2) is 10.5. The number of unbranched alkanes of at least 4 members (excludes halogenated alkanes) is 1. The van der Waals surface area contributed by atoms with Crippen LogP contribution >= 0.6 is 0 Å². The van der Waals surface area contributed by atoms with Gasteiger partial charge in [-0.25, -0.2) is 8.42 Å². The number of carbonyl (C=O) groups excluding carboxylic acids is 1. The summed E-state index contributed by atoms with van der Waals surface area (Å²) in [5, 5.41) is 11.4. The van der Waals surface area contributed by atoms with Gasteiger partial charge >= 0.3 is 0 Å². The molecule has 0 aromatic heterocycles. The number of carbonyl (C=O) groups is 1. The summed E-state index contributed by atoms with van der Waals surface area (Å²) >= 11 is 0. The number of nitriles is 1. The highest BCUT2D eigenvalue weighted by Gasteiger charge is 2.17. The van der Waals surface area contributed by atoms with Crippen molar-refractivity contribution in [1.82, 2.24) is 5.32 Å². The van der Waals surface area contributed by atoms with E-state index in [1.54, 1.807) is 24.3 Å². The summed E-state index contributed by atoms with van der Waals surface area (Å²) in [5.74, 6) is -0.647. The van der Waals surface area contributed by atoms with Crippen LogP contribution in [0.2, 0.25) is 0 Å². The normalized spacial score (nSPS) is 10.9. The maximum absolute atomic E-state index is 12.2. The second-order valence-corrected chi connectivity index (χ2v) is 8.53. The first-order valence-electron chi connectivity index (χ1n) is 9.10. The van der Waals surface area contributed by atoms with Crippen LogP contribution < -0.4 is 10.1 Å². The van der Waals surface area contributed by atoms with E-state index >= 15 is 0 Å². The first kappa shape index (κ1) is 21.5. The molecular weight excluding hydrogens is 376 g/mol. The monoisotopic (exact) mass is 400 g/mol. The van der Waals surface area contributed by atoms with Crippen LogP contribution in [0.15, 0.2) is 48.5 Å². The van der Waals surface area contributed by atoms with Crippen LogP contribution in [0, 0.1) is 11.3 Å². The molecule has 1 amide bonds. The molecule has 0 atom stereocenters. The van der Waals surface area contributed by atoms with Gasteiger partial charge in [0.05, 0.1) is 24.0 Å². The highest BCUT2D eigenvalue weighted by Crippen LogP contribution is 2.14. The average Bonchev–Trinajstić information content (AvgIpc) is 2.67. The van der Waals surface area contributed by atoms with Gasteiger partial charge in [0.2, 0.25) is 5.91 Å².